The van der Waals surface area contributed by atoms with Crippen LogP contribution in [-0.2, 0) is 6.54 Å². The molecule has 5 heteroatoms. The number of urea groups is 1. The second-order valence-corrected chi connectivity index (χ2v) is 5.44. The summed E-state index contributed by atoms with van der Waals surface area (Å²) in [4.78, 5) is 27.8. The van der Waals surface area contributed by atoms with Gasteiger partial charge in [-0.1, -0.05) is 36.4 Å². The molecule has 0 saturated heterocycles. The molecule has 0 aliphatic heterocycles. The van der Waals surface area contributed by atoms with Crippen LogP contribution in [0.25, 0.3) is 10.9 Å². The van der Waals surface area contributed by atoms with Gasteiger partial charge in [0.1, 0.15) is 0 Å². The SMILES string of the molecule is CC(=O)c1cccc(NC(=O)NCc2cccc3cccnc23)c1. The number of nitrogens with one attached hydrogen (secondary N) is 2. The molecule has 3 aromatic rings. The molecule has 3 rings (SSSR count). The molecule has 2 amide bonds. The standard InChI is InChI=1S/C19H17N3O2/c1-13(23)15-6-3-9-17(11-15)22-19(24)21-12-16-7-2-5-14-8-4-10-20-18(14)16/h2-11H,12H2,1H3,(H2,21,22,24). The van der Waals surface area contributed by atoms with Crippen LogP contribution >= 0.6 is 0 Å². The van der Waals surface area contributed by atoms with E-state index in [0.717, 1.165) is 16.5 Å². The predicted molar refractivity (Wildman–Crippen MR) is 94.0 cm³/mol. The summed E-state index contributed by atoms with van der Waals surface area (Å²) in [6.07, 6.45) is 1.74. The second kappa shape index (κ2) is 6.91. The zero-order valence-corrected chi connectivity index (χ0v) is 13.2. The van der Waals surface area contributed by atoms with Crippen molar-refractivity contribution >= 4 is 28.4 Å². The van der Waals surface area contributed by atoms with E-state index in [4.69, 9.17) is 0 Å². The summed E-state index contributed by atoms with van der Waals surface area (Å²) in [5.41, 5.74) is 2.96. The molecule has 0 atom stereocenters. The highest BCUT2D eigenvalue weighted by atomic mass is 16.2. The number of Topliss-reactive ketones (excluding diaryl/α,β-unsaturated/α-hetero) is 1. The largest absolute Gasteiger partial charge is 0.334 e. The van der Waals surface area contributed by atoms with E-state index < -0.39 is 0 Å². The molecule has 2 aromatic carbocycles. The Kier molecular flexibility index (Phi) is 4.52. The van der Waals surface area contributed by atoms with E-state index in [1.807, 2.05) is 30.3 Å². The maximum absolute atomic E-state index is 12.1. The summed E-state index contributed by atoms with van der Waals surface area (Å²) in [6.45, 7) is 1.86. The molecular weight excluding hydrogens is 302 g/mol. The number of pyridine rings is 1. The van der Waals surface area contributed by atoms with Crippen molar-refractivity contribution in [2.45, 2.75) is 13.5 Å². The van der Waals surface area contributed by atoms with Gasteiger partial charge in [-0.2, -0.15) is 0 Å². The quantitative estimate of drug-likeness (QED) is 0.719. The van der Waals surface area contributed by atoms with E-state index in [1.54, 1.807) is 30.5 Å². The molecule has 0 fully saturated rings. The van der Waals surface area contributed by atoms with Gasteiger partial charge in [0, 0.05) is 29.4 Å². The lowest BCUT2D eigenvalue weighted by Crippen LogP contribution is -2.28. The molecule has 0 aliphatic carbocycles. The van der Waals surface area contributed by atoms with Crippen LogP contribution in [0.3, 0.4) is 0 Å². The van der Waals surface area contributed by atoms with Crippen molar-refractivity contribution in [3.8, 4) is 0 Å². The minimum absolute atomic E-state index is 0.0408. The fraction of sp³-hybridized carbons (Fsp3) is 0.105. The van der Waals surface area contributed by atoms with Crippen molar-refractivity contribution in [3.05, 3.63) is 71.9 Å². The average molecular weight is 319 g/mol. The molecule has 0 saturated carbocycles. The number of aromatic nitrogens is 1. The maximum Gasteiger partial charge on any atom is 0.319 e. The van der Waals surface area contributed by atoms with Gasteiger partial charge in [0.05, 0.1) is 5.52 Å². The molecular formula is C19H17N3O2. The highest BCUT2D eigenvalue weighted by Gasteiger charge is 2.06. The second-order valence-electron chi connectivity index (χ2n) is 5.44. The van der Waals surface area contributed by atoms with Crippen molar-refractivity contribution in [3.63, 3.8) is 0 Å². The van der Waals surface area contributed by atoms with E-state index in [0.29, 0.717) is 17.8 Å². The lowest BCUT2D eigenvalue weighted by atomic mass is 10.1. The number of para-hydroxylation sites is 1. The number of hydrogen-bond donors (Lipinski definition) is 2. The average Bonchev–Trinajstić information content (AvgIpc) is 2.60. The van der Waals surface area contributed by atoms with Gasteiger partial charge in [-0.05, 0) is 30.7 Å². The molecule has 1 heterocycles. The van der Waals surface area contributed by atoms with Gasteiger partial charge in [-0.25, -0.2) is 4.79 Å². The summed E-state index contributed by atoms with van der Waals surface area (Å²) in [5, 5.41) is 6.58. The third kappa shape index (κ3) is 3.57. The Bertz CT molecular complexity index is 901. The van der Waals surface area contributed by atoms with Crippen molar-refractivity contribution in [1.29, 1.82) is 0 Å². The van der Waals surface area contributed by atoms with Crippen LogP contribution in [0.2, 0.25) is 0 Å². The molecule has 5 nitrogen and oxygen atoms in total. The van der Waals surface area contributed by atoms with Crippen LogP contribution in [0.15, 0.2) is 60.8 Å². The number of carbonyl (C=O) groups excluding carboxylic acids is 2. The van der Waals surface area contributed by atoms with E-state index in [1.165, 1.54) is 6.92 Å². The Morgan fingerprint density at radius 3 is 2.67 bits per heavy atom. The first-order chi connectivity index (χ1) is 11.6. The zero-order chi connectivity index (χ0) is 16.9. The summed E-state index contributed by atoms with van der Waals surface area (Å²) >= 11 is 0. The van der Waals surface area contributed by atoms with E-state index in [2.05, 4.69) is 15.6 Å². The van der Waals surface area contributed by atoms with Crippen molar-refractivity contribution in [2.75, 3.05) is 5.32 Å². The normalized spacial score (nSPS) is 10.4. The Labute approximate surface area is 139 Å². The molecule has 0 aliphatic rings. The number of rotatable bonds is 4. The Morgan fingerprint density at radius 1 is 1.04 bits per heavy atom. The lowest BCUT2D eigenvalue weighted by molar-refractivity contribution is 0.101. The Morgan fingerprint density at radius 2 is 1.83 bits per heavy atom. The van der Waals surface area contributed by atoms with Crippen LogP contribution < -0.4 is 10.6 Å². The fourth-order valence-electron chi connectivity index (χ4n) is 2.48. The number of benzene rings is 2. The van der Waals surface area contributed by atoms with Crippen LogP contribution in [0, 0.1) is 0 Å². The van der Waals surface area contributed by atoms with Gasteiger partial charge < -0.3 is 10.6 Å². The molecule has 0 spiro atoms. The Balaban J connectivity index is 1.67. The van der Waals surface area contributed by atoms with E-state index in [9.17, 15) is 9.59 Å². The van der Waals surface area contributed by atoms with Gasteiger partial charge in [-0.15, -0.1) is 0 Å². The third-order valence-corrected chi connectivity index (χ3v) is 3.68. The summed E-state index contributed by atoms with van der Waals surface area (Å²) in [5.74, 6) is -0.0408. The summed E-state index contributed by atoms with van der Waals surface area (Å²) < 4.78 is 0. The molecule has 1 aromatic heterocycles. The third-order valence-electron chi connectivity index (χ3n) is 3.68. The van der Waals surface area contributed by atoms with E-state index >= 15 is 0 Å². The van der Waals surface area contributed by atoms with Gasteiger partial charge >= 0.3 is 6.03 Å². The lowest BCUT2D eigenvalue weighted by Gasteiger charge is -2.10. The topological polar surface area (TPSA) is 71.1 Å². The Hall–Kier alpha value is -3.21. The van der Waals surface area contributed by atoms with Crippen LogP contribution in [0.1, 0.15) is 22.8 Å². The minimum atomic E-state index is -0.330. The number of fused-ring (bicyclic) bond motifs is 1. The first-order valence-electron chi connectivity index (χ1n) is 7.62. The smallest absolute Gasteiger partial charge is 0.319 e. The first-order valence-corrected chi connectivity index (χ1v) is 7.62. The van der Waals surface area contributed by atoms with Crippen LogP contribution in [0.5, 0.6) is 0 Å². The highest BCUT2D eigenvalue weighted by molar-refractivity contribution is 5.96. The summed E-state index contributed by atoms with van der Waals surface area (Å²) in [6, 6.07) is 16.2. The van der Waals surface area contributed by atoms with Gasteiger partial charge in [0.15, 0.2) is 5.78 Å². The number of anilines is 1. The number of amides is 2. The predicted octanol–water partition coefficient (Wildman–Crippen LogP) is 3.76. The monoisotopic (exact) mass is 319 g/mol. The van der Waals surface area contributed by atoms with Gasteiger partial charge in [0.2, 0.25) is 0 Å². The first kappa shape index (κ1) is 15.7. The molecule has 24 heavy (non-hydrogen) atoms. The highest BCUT2D eigenvalue weighted by Crippen LogP contribution is 2.16. The minimum Gasteiger partial charge on any atom is -0.334 e. The number of ketones is 1. The number of carbonyl (C=O) groups is 2. The van der Waals surface area contributed by atoms with Crippen molar-refractivity contribution in [2.24, 2.45) is 0 Å². The molecule has 0 radical (unpaired) electrons. The molecule has 0 bridgehead atoms. The summed E-state index contributed by atoms with van der Waals surface area (Å²) in [7, 11) is 0. The zero-order valence-electron chi connectivity index (χ0n) is 13.2. The van der Waals surface area contributed by atoms with Crippen molar-refractivity contribution in [1.82, 2.24) is 10.3 Å². The number of hydrogen-bond acceptors (Lipinski definition) is 3. The van der Waals surface area contributed by atoms with Gasteiger partial charge in [-0.3, -0.25) is 9.78 Å². The van der Waals surface area contributed by atoms with Crippen LogP contribution in [0.4, 0.5) is 10.5 Å². The van der Waals surface area contributed by atoms with Crippen LogP contribution in [-0.4, -0.2) is 16.8 Å². The molecule has 0 unspecified atom stereocenters. The number of nitrogens with zero attached hydrogens (tertiary/aromatic N) is 1. The van der Waals surface area contributed by atoms with Gasteiger partial charge in [0.25, 0.3) is 0 Å². The van der Waals surface area contributed by atoms with E-state index in [-0.39, 0.29) is 11.8 Å². The molecule has 120 valence electrons. The fourth-order valence-corrected chi connectivity index (χ4v) is 2.48. The maximum atomic E-state index is 12.1. The van der Waals surface area contributed by atoms with Crippen molar-refractivity contribution < 1.29 is 9.59 Å². The molecule has 2 N–H and O–H groups in total.